The minimum absolute atomic E-state index is 0.328. The minimum Gasteiger partial charge on any atom is -0.480 e. The molecule has 0 aliphatic rings. The van der Waals surface area contributed by atoms with E-state index in [-0.39, 0.29) is 5.25 Å². The predicted molar refractivity (Wildman–Crippen MR) is 67.3 cm³/mol. The third kappa shape index (κ3) is 5.14. The van der Waals surface area contributed by atoms with E-state index in [1.54, 1.807) is 17.7 Å². The van der Waals surface area contributed by atoms with Crippen molar-refractivity contribution in [2.75, 3.05) is 5.75 Å². The lowest BCUT2D eigenvalue weighted by Crippen LogP contribution is -2.09. The van der Waals surface area contributed by atoms with E-state index in [0.29, 0.717) is 0 Å². The Morgan fingerprint density at radius 1 is 1.40 bits per heavy atom. The number of hydrogen-bond acceptors (Lipinski definition) is 3. The van der Waals surface area contributed by atoms with Gasteiger partial charge in [0.15, 0.2) is 0 Å². The predicted octanol–water partition coefficient (Wildman–Crippen LogP) is 3.08. The van der Waals surface area contributed by atoms with Crippen molar-refractivity contribution in [3.8, 4) is 0 Å². The smallest absolute Gasteiger partial charge is 0.317 e. The van der Waals surface area contributed by atoms with E-state index in [9.17, 15) is 4.79 Å². The Morgan fingerprint density at radius 3 is 2.67 bits per heavy atom. The SMILES string of the molecule is CC(SSCCc1ccccc1)C(=O)O. The molecule has 1 rings (SSSR count). The van der Waals surface area contributed by atoms with Crippen LogP contribution in [-0.2, 0) is 11.2 Å². The van der Waals surface area contributed by atoms with Crippen LogP contribution in [0, 0.1) is 0 Å². The van der Waals surface area contributed by atoms with Crippen molar-refractivity contribution < 1.29 is 9.90 Å². The number of carbonyl (C=O) groups is 1. The van der Waals surface area contributed by atoms with Gasteiger partial charge >= 0.3 is 5.97 Å². The zero-order valence-corrected chi connectivity index (χ0v) is 10.2. The van der Waals surface area contributed by atoms with Gasteiger partial charge in [-0.25, -0.2) is 0 Å². The Labute approximate surface area is 97.9 Å². The summed E-state index contributed by atoms with van der Waals surface area (Å²) in [6.07, 6.45) is 0.991. The maximum absolute atomic E-state index is 10.5. The van der Waals surface area contributed by atoms with Gasteiger partial charge in [-0.1, -0.05) is 51.9 Å². The first-order valence-electron chi connectivity index (χ1n) is 4.75. The van der Waals surface area contributed by atoms with E-state index in [1.165, 1.54) is 16.4 Å². The number of benzene rings is 1. The summed E-state index contributed by atoms with van der Waals surface area (Å²) >= 11 is 0. The highest BCUT2D eigenvalue weighted by Gasteiger charge is 2.10. The molecule has 0 spiro atoms. The maximum Gasteiger partial charge on any atom is 0.317 e. The van der Waals surface area contributed by atoms with Gasteiger partial charge in [0.05, 0.1) is 0 Å². The Bertz CT molecular complexity index is 301. The minimum atomic E-state index is -0.743. The Kier molecular flexibility index (Phi) is 5.65. The quantitative estimate of drug-likeness (QED) is 0.614. The Morgan fingerprint density at radius 2 is 2.07 bits per heavy atom. The van der Waals surface area contributed by atoms with Gasteiger partial charge in [-0.05, 0) is 18.9 Å². The van der Waals surface area contributed by atoms with Crippen molar-refractivity contribution >= 4 is 27.6 Å². The standard InChI is InChI=1S/C11H14O2S2/c1-9(11(12)13)15-14-8-7-10-5-3-2-4-6-10/h2-6,9H,7-8H2,1H3,(H,12,13). The van der Waals surface area contributed by atoms with Gasteiger partial charge in [-0.2, -0.15) is 0 Å². The third-order valence-corrected chi connectivity index (χ3v) is 4.65. The van der Waals surface area contributed by atoms with E-state index < -0.39 is 5.97 Å². The molecule has 1 unspecified atom stereocenters. The number of aryl methyl sites for hydroxylation is 1. The highest BCUT2D eigenvalue weighted by Crippen LogP contribution is 2.27. The molecule has 0 aromatic heterocycles. The van der Waals surface area contributed by atoms with E-state index in [2.05, 4.69) is 12.1 Å². The molecule has 4 heteroatoms. The first kappa shape index (κ1) is 12.5. The van der Waals surface area contributed by atoms with Crippen molar-refractivity contribution in [3.63, 3.8) is 0 Å². The summed E-state index contributed by atoms with van der Waals surface area (Å²) in [5.74, 6) is 0.207. The third-order valence-electron chi connectivity index (χ3n) is 1.88. The molecule has 0 amide bonds. The first-order valence-corrected chi connectivity index (χ1v) is 7.13. The summed E-state index contributed by atoms with van der Waals surface area (Å²) in [5.41, 5.74) is 1.30. The zero-order valence-electron chi connectivity index (χ0n) is 8.55. The number of aliphatic carboxylic acids is 1. The van der Waals surface area contributed by atoms with Crippen LogP contribution in [0.1, 0.15) is 12.5 Å². The Hall–Kier alpha value is -0.610. The van der Waals surface area contributed by atoms with E-state index in [1.807, 2.05) is 18.2 Å². The molecule has 0 saturated carbocycles. The number of rotatable bonds is 6. The van der Waals surface area contributed by atoms with E-state index in [4.69, 9.17) is 5.11 Å². The van der Waals surface area contributed by atoms with Crippen LogP contribution in [0.25, 0.3) is 0 Å². The second kappa shape index (κ2) is 6.80. The zero-order chi connectivity index (χ0) is 11.1. The average Bonchev–Trinajstić information content (AvgIpc) is 2.25. The van der Waals surface area contributed by atoms with Crippen molar-refractivity contribution in [1.82, 2.24) is 0 Å². The van der Waals surface area contributed by atoms with E-state index in [0.717, 1.165) is 12.2 Å². The average molecular weight is 242 g/mol. The summed E-state index contributed by atoms with van der Waals surface area (Å²) < 4.78 is 0. The van der Waals surface area contributed by atoms with Gasteiger partial charge in [-0.3, -0.25) is 4.79 Å². The molecule has 2 nitrogen and oxygen atoms in total. The van der Waals surface area contributed by atoms with Gasteiger partial charge in [0.1, 0.15) is 5.25 Å². The lowest BCUT2D eigenvalue weighted by Gasteiger charge is -2.04. The molecule has 1 atom stereocenters. The molecule has 15 heavy (non-hydrogen) atoms. The summed E-state index contributed by atoms with van der Waals surface area (Å²) in [6, 6.07) is 10.2. The monoisotopic (exact) mass is 242 g/mol. The molecule has 0 aliphatic carbocycles. The lowest BCUT2D eigenvalue weighted by molar-refractivity contribution is -0.136. The molecule has 0 fully saturated rings. The normalized spacial score (nSPS) is 12.3. The van der Waals surface area contributed by atoms with Gasteiger partial charge in [0.2, 0.25) is 0 Å². The van der Waals surface area contributed by atoms with Crippen molar-refractivity contribution in [1.29, 1.82) is 0 Å². The number of carboxylic acid groups (broad SMARTS) is 1. The van der Waals surface area contributed by atoms with Gasteiger partial charge < -0.3 is 5.11 Å². The van der Waals surface area contributed by atoms with Crippen LogP contribution in [0.5, 0.6) is 0 Å². The highest BCUT2D eigenvalue weighted by atomic mass is 33.1. The second-order valence-electron chi connectivity index (χ2n) is 3.13. The fraction of sp³-hybridized carbons (Fsp3) is 0.364. The van der Waals surface area contributed by atoms with Crippen LogP contribution in [0.15, 0.2) is 30.3 Å². The van der Waals surface area contributed by atoms with Crippen molar-refractivity contribution in [2.24, 2.45) is 0 Å². The summed E-state index contributed by atoms with van der Waals surface area (Å²) in [4.78, 5) is 10.5. The molecule has 1 aromatic rings. The molecule has 1 aromatic carbocycles. The first-order chi connectivity index (χ1) is 7.20. The molecule has 1 N–H and O–H groups in total. The van der Waals surface area contributed by atoms with Gasteiger partial charge in [-0.15, -0.1) is 0 Å². The van der Waals surface area contributed by atoms with Crippen LogP contribution in [0.3, 0.4) is 0 Å². The molecule has 82 valence electrons. The fourth-order valence-electron chi connectivity index (χ4n) is 0.996. The van der Waals surface area contributed by atoms with Crippen molar-refractivity contribution in [2.45, 2.75) is 18.6 Å². The van der Waals surface area contributed by atoms with Crippen LogP contribution in [0.2, 0.25) is 0 Å². The van der Waals surface area contributed by atoms with Gasteiger partial charge in [0, 0.05) is 5.75 Å². The topological polar surface area (TPSA) is 37.3 Å². The molecular formula is C11H14O2S2. The largest absolute Gasteiger partial charge is 0.480 e. The maximum atomic E-state index is 10.5. The van der Waals surface area contributed by atoms with Crippen LogP contribution >= 0.6 is 21.6 Å². The van der Waals surface area contributed by atoms with E-state index >= 15 is 0 Å². The molecule has 0 bridgehead atoms. The number of carboxylic acids is 1. The van der Waals surface area contributed by atoms with Gasteiger partial charge in [0.25, 0.3) is 0 Å². The Balaban J connectivity index is 2.15. The summed E-state index contributed by atoms with van der Waals surface area (Å²) in [6.45, 7) is 1.71. The number of hydrogen-bond donors (Lipinski definition) is 1. The lowest BCUT2D eigenvalue weighted by atomic mass is 10.2. The van der Waals surface area contributed by atoms with Crippen LogP contribution in [-0.4, -0.2) is 22.1 Å². The van der Waals surface area contributed by atoms with Crippen molar-refractivity contribution in [3.05, 3.63) is 35.9 Å². The molecule has 0 aliphatic heterocycles. The molecule has 0 heterocycles. The molecule has 0 radical (unpaired) electrons. The highest BCUT2D eigenvalue weighted by molar-refractivity contribution is 8.77. The molecular weight excluding hydrogens is 228 g/mol. The summed E-state index contributed by atoms with van der Waals surface area (Å²) in [5, 5.41) is 8.34. The van der Waals surface area contributed by atoms with Crippen LogP contribution < -0.4 is 0 Å². The van der Waals surface area contributed by atoms with Crippen LogP contribution in [0.4, 0.5) is 0 Å². The fourth-order valence-corrected chi connectivity index (χ4v) is 3.10. The second-order valence-corrected chi connectivity index (χ2v) is 5.96. The molecule has 0 saturated heterocycles. The summed E-state index contributed by atoms with van der Waals surface area (Å²) in [7, 11) is 3.04.